The lowest BCUT2D eigenvalue weighted by molar-refractivity contribution is -0.113. The normalized spacial score (nSPS) is 14.0. The summed E-state index contributed by atoms with van der Waals surface area (Å²) in [6.07, 6.45) is 6.40. The lowest BCUT2D eigenvalue weighted by atomic mass is 9.96. The fourth-order valence-corrected chi connectivity index (χ4v) is 5.19. The fourth-order valence-electron chi connectivity index (χ4n) is 3.20. The second kappa shape index (κ2) is 9.28. The van der Waals surface area contributed by atoms with Crippen LogP contribution in [0.1, 0.15) is 46.5 Å². The smallest absolute Gasteiger partial charge is 0.341 e. The molecule has 1 aliphatic carbocycles. The van der Waals surface area contributed by atoms with E-state index in [-0.39, 0.29) is 17.6 Å². The number of ether oxygens (including phenoxy) is 1. The minimum absolute atomic E-state index is 0.129. The first-order valence-electron chi connectivity index (χ1n) is 9.09. The van der Waals surface area contributed by atoms with Crippen LogP contribution in [0, 0.1) is 0 Å². The summed E-state index contributed by atoms with van der Waals surface area (Å²) in [5.74, 6) is -0.224. The molecule has 1 aromatic heterocycles. The van der Waals surface area contributed by atoms with E-state index in [2.05, 4.69) is 5.32 Å². The highest BCUT2D eigenvalue weighted by Crippen LogP contribution is 2.37. The molecule has 0 fully saturated rings. The number of amides is 1. The number of methoxy groups -OCH3 is 1. The standard InChI is InChI=1S/C20H24N2O3S2/c1-25-20(24)18-15-6-4-2-3-5-7-16(15)27-19(18)22-17(23)12-26-14-10-8-13(21)9-11-14/h8-11H,2-7,12,21H2,1H3,(H,22,23). The van der Waals surface area contributed by atoms with Crippen LogP contribution < -0.4 is 11.1 Å². The Hall–Kier alpha value is -1.99. The van der Waals surface area contributed by atoms with Gasteiger partial charge in [0.1, 0.15) is 5.00 Å². The summed E-state index contributed by atoms with van der Waals surface area (Å²) >= 11 is 2.96. The number of fused-ring (bicyclic) bond motifs is 1. The molecule has 2 aromatic rings. The summed E-state index contributed by atoms with van der Waals surface area (Å²) in [6, 6.07) is 7.41. The van der Waals surface area contributed by atoms with Crippen LogP contribution in [0.4, 0.5) is 10.7 Å². The number of nitrogen functional groups attached to an aromatic ring is 1. The molecular formula is C20H24N2O3S2. The van der Waals surface area contributed by atoms with Gasteiger partial charge in [-0.3, -0.25) is 4.79 Å². The Labute approximate surface area is 167 Å². The van der Waals surface area contributed by atoms with Gasteiger partial charge in [0.15, 0.2) is 0 Å². The van der Waals surface area contributed by atoms with Crippen molar-refractivity contribution in [3.05, 3.63) is 40.3 Å². The number of hydrogen-bond acceptors (Lipinski definition) is 6. The first kappa shape index (κ1) is 19.8. The zero-order valence-electron chi connectivity index (χ0n) is 15.4. The van der Waals surface area contributed by atoms with Crippen molar-refractivity contribution in [2.24, 2.45) is 0 Å². The number of nitrogens with two attached hydrogens (primary N) is 1. The Kier molecular flexibility index (Phi) is 6.79. The lowest BCUT2D eigenvalue weighted by Crippen LogP contribution is -2.16. The highest BCUT2D eigenvalue weighted by molar-refractivity contribution is 8.00. The van der Waals surface area contributed by atoms with E-state index in [0.29, 0.717) is 16.3 Å². The number of benzene rings is 1. The average Bonchev–Trinajstić information content (AvgIpc) is 2.96. The first-order chi connectivity index (χ1) is 13.1. The van der Waals surface area contributed by atoms with Gasteiger partial charge in [0.05, 0.1) is 18.4 Å². The number of nitrogens with one attached hydrogen (secondary N) is 1. The van der Waals surface area contributed by atoms with Crippen LogP contribution in [-0.4, -0.2) is 24.7 Å². The highest BCUT2D eigenvalue weighted by atomic mass is 32.2. The molecule has 0 unspecified atom stereocenters. The quantitative estimate of drug-likeness (QED) is 0.435. The number of carbonyl (C=O) groups is 2. The molecule has 0 bridgehead atoms. The molecule has 1 heterocycles. The summed E-state index contributed by atoms with van der Waals surface area (Å²) in [6.45, 7) is 0. The summed E-state index contributed by atoms with van der Waals surface area (Å²) in [5, 5.41) is 3.56. The molecule has 144 valence electrons. The molecule has 1 aromatic carbocycles. The van der Waals surface area contributed by atoms with Crippen LogP contribution in [0.15, 0.2) is 29.2 Å². The summed E-state index contributed by atoms with van der Waals surface area (Å²) in [5.41, 5.74) is 7.99. The van der Waals surface area contributed by atoms with E-state index >= 15 is 0 Å². The molecule has 1 aliphatic rings. The number of carbonyl (C=O) groups excluding carboxylic acids is 2. The van der Waals surface area contributed by atoms with Crippen molar-refractivity contribution in [1.82, 2.24) is 0 Å². The van der Waals surface area contributed by atoms with Crippen LogP contribution in [0.25, 0.3) is 0 Å². The zero-order valence-corrected chi connectivity index (χ0v) is 17.0. The van der Waals surface area contributed by atoms with Crippen molar-refractivity contribution in [2.75, 3.05) is 23.9 Å². The van der Waals surface area contributed by atoms with Gasteiger partial charge < -0.3 is 15.8 Å². The zero-order chi connectivity index (χ0) is 19.2. The molecule has 5 nitrogen and oxygen atoms in total. The van der Waals surface area contributed by atoms with E-state index in [1.54, 1.807) is 0 Å². The van der Waals surface area contributed by atoms with Crippen LogP contribution >= 0.6 is 23.1 Å². The van der Waals surface area contributed by atoms with E-state index in [4.69, 9.17) is 10.5 Å². The molecule has 3 rings (SSSR count). The van der Waals surface area contributed by atoms with E-state index in [1.807, 2.05) is 24.3 Å². The highest BCUT2D eigenvalue weighted by Gasteiger charge is 2.25. The largest absolute Gasteiger partial charge is 0.465 e. The van der Waals surface area contributed by atoms with Crippen LogP contribution in [-0.2, 0) is 22.4 Å². The first-order valence-corrected chi connectivity index (χ1v) is 10.9. The predicted molar refractivity (Wildman–Crippen MR) is 112 cm³/mol. The average molecular weight is 405 g/mol. The maximum Gasteiger partial charge on any atom is 0.341 e. The number of thioether (sulfide) groups is 1. The maximum atomic E-state index is 12.5. The van der Waals surface area contributed by atoms with E-state index in [9.17, 15) is 9.59 Å². The Bertz CT molecular complexity index is 815. The third-order valence-corrected chi connectivity index (χ3v) is 6.78. The fraction of sp³-hybridized carbons (Fsp3) is 0.400. The SMILES string of the molecule is COC(=O)c1c(NC(=O)CSc2ccc(N)cc2)sc2c1CCCCCC2. The molecule has 0 atom stereocenters. The minimum Gasteiger partial charge on any atom is -0.465 e. The number of esters is 1. The lowest BCUT2D eigenvalue weighted by Gasteiger charge is -2.11. The Morgan fingerprint density at radius 3 is 2.56 bits per heavy atom. The third kappa shape index (κ3) is 5.05. The Balaban J connectivity index is 1.74. The van der Waals surface area contributed by atoms with Crippen molar-refractivity contribution in [3.8, 4) is 0 Å². The Morgan fingerprint density at radius 2 is 1.85 bits per heavy atom. The van der Waals surface area contributed by atoms with Gasteiger partial charge in [0, 0.05) is 15.5 Å². The molecule has 0 saturated carbocycles. The van der Waals surface area contributed by atoms with Crippen molar-refractivity contribution >= 4 is 45.7 Å². The second-order valence-electron chi connectivity index (χ2n) is 6.52. The summed E-state index contributed by atoms with van der Waals surface area (Å²) in [4.78, 5) is 27.0. The van der Waals surface area contributed by atoms with Gasteiger partial charge in [0.25, 0.3) is 0 Å². The molecule has 0 saturated heterocycles. The molecule has 0 radical (unpaired) electrons. The number of thiophene rings is 1. The molecule has 0 spiro atoms. The number of rotatable bonds is 5. The van der Waals surface area contributed by atoms with Crippen LogP contribution in [0.5, 0.6) is 0 Å². The summed E-state index contributed by atoms with van der Waals surface area (Å²) in [7, 11) is 1.39. The van der Waals surface area contributed by atoms with E-state index < -0.39 is 0 Å². The van der Waals surface area contributed by atoms with Gasteiger partial charge >= 0.3 is 5.97 Å². The van der Waals surface area contributed by atoms with Crippen molar-refractivity contribution in [3.63, 3.8) is 0 Å². The molecule has 7 heteroatoms. The molecule has 27 heavy (non-hydrogen) atoms. The number of hydrogen-bond donors (Lipinski definition) is 2. The van der Waals surface area contributed by atoms with Gasteiger partial charge in [-0.1, -0.05) is 12.8 Å². The molecule has 1 amide bonds. The van der Waals surface area contributed by atoms with Crippen molar-refractivity contribution in [1.29, 1.82) is 0 Å². The van der Waals surface area contributed by atoms with E-state index in [1.165, 1.54) is 47.9 Å². The van der Waals surface area contributed by atoms with Gasteiger partial charge in [-0.25, -0.2) is 4.79 Å². The maximum absolute atomic E-state index is 12.5. The van der Waals surface area contributed by atoms with Crippen LogP contribution in [0.3, 0.4) is 0 Å². The Morgan fingerprint density at radius 1 is 1.15 bits per heavy atom. The van der Waals surface area contributed by atoms with E-state index in [0.717, 1.165) is 36.1 Å². The van der Waals surface area contributed by atoms with Crippen molar-refractivity contribution < 1.29 is 14.3 Å². The van der Waals surface area contributed by atoms with Crippen LogP contribution in [0.2, 0.25) is 0 Å². The summed E-state index contributed by atoms with van der Waals surface area (Å²) < 4.78 is 4.99. The monoisotopic (exact) mass is 404 g/mol. The van der Waals surface area contributed by atoms with Gasteiger partial charge in [-0.05, 0) is 55.5 Å². The van der Waals surface area contributed by atoms with Gasteiger partial charge in [-0.15, -0.1) is 23.1 Å². The molecular weight excluding hydrogens is 380 g/mol. The second-order valence-corrected chi connectivity index (χ2v) is 8.67. The topological polar surface area (TPSA) is 81.4 Å². The molecule has 3 N–H and O–H groups in total. The van der Waals surface area contributed by atoms with Gasteiger partial charge in [-0.2, -0.15) is 0 Å². The molecule has 0 aliphatic heterocycles. The van der Waals surface area contributed by atoms with Crippen molar-refractivity contribution in [2.45, 2.75) is 43.4 Å². The van der Waals surface area contributed by atoms with Gasteiger partial charge in [0.2, 0.25) is 5.91 Å². The number of aryl methyl sites for hydroxylation is 1. The number of anilines is 2. The predicted octanol–water partition coefficient (Wildman–Crippen LogP) is 4.51. The third-order valence-electron chi connectivity index (χ3n) is 4.56. The minimum atomic E-state index is -0.366.